The predicted octanol–water partition coefficient (Wildman–Crippen LogP) is 0.638. The molecule has 19 heavy (non-hydrogen) atoms. The Kier molecular flexibility index (Phi) is 5.75. The summed E-state index contributed by atoms with van der Waals surface area (Å²) in [4.78, 5) is 20.3. The van der Waals surface area contributed by atoms with Crippen LogP contribution < -0.4 is 0 Å². The molecule has 0 aromatic rings. The fraction of sp³-hybridized carbons (Fsp3) is 0.750. The second-order valence-electron chi connectivity index (χ2n) is 4.40. The van der Waals surface area contributed by atoms with Crippen LogP contribution in [0.1, 0.15) is 6.92 Å². The average molecular weight is 301 g/mol. The number of thioether (sulfide) groups is 1. The van der Waals surface area contributed by atoms with Gasteiger partial charge in [0.05, 0.1) is 19.8 Å². The molecule has 0 saturated carbocycles. The number of rotatable bonds is 5. The molecule has 0 aromatic carbocycles. The first-order valence-corrected chi connectivity index (χ1v) is 7.83. The van der Waals surface area contributed by atoms with Crippen LogP contribution in [0.3, 0.4) is 0 Å². The highest BCUT2D eigenvalue weighted by Crippen LogP contribution is 2.25. The van der Waals surface area contributed by atoms with Gasteiger partial charge in [0.1, 0.15) is 9.57 Å². The first-order valence-electron chi connectivity index (χ1n) is 6.54. The van der Waals surface area contributed by atoms with Crippen molar-refractivity contribution >= 4 is 40.4 Å². The Bertz CT molecular complexity index is 370. The number of amides is 1. The van der Waals surface area contributed by atoms with E-state index in [9.17, 15) is 4.79 Å². The number of nitrogens with zero attached hydrogens (tertiary/aromatic N) is 3. The molecule has 106 valence electrons. The molecule has 2 saturated heterocycles. The van der Waals surface area contributed by atoms with Gasteiger partial charge in [0.2, 0.25) is 5.91 Å². The lowest BCUT2D eigenvalue weighted by molar-refractivity contribution is -0.124. The van der Waals surface area contributed by atoms with Gasteiger partial charge in [-0.05, 0) is 6.92 Å². The summed E-state index contributed by atoms with van der Waals surface area (Å²) in [6, 6.07) is 0. The van der Waals surface area contributed by atoms with Crippen molar-refractivity contribution in [3.8, 4) is 0 Å². The molecule has 2 aliphatic heterocycles. The summed E-state index contributed by atoms with van der Waals surface area (Å²) in [6.45, 7) is 7.78. The number of carbonyl (C=O) groups excluding carboxylic acids is 1. The summed E-state index contributed by atoms with van der Waals surface area (Å²) < 4.78 is 5.95. The third kappa shape index (κ3) is 3.98. The molecule has 2 heterocycles. The van der Waals surface area contributed by atoms with Crippen LogP contribution in [0, 0.1) is 0 Å². The second-order valence-corrected chi connectivity index (χ2v) is 6.17. The molecule has 0 aromatic heterocycles. The van der Waals surface area contributed by atoms with Gasteiger partial charge in [0.15, 0.2) is 0 Å². The van der Waals surface area contributed by atoms with Gasteiger partial charge < -0.3 is 4.74 Å². The third-order valence-electron chi connectivity index (χ3n) is 3.16. The average Bonchev–Trinajstić information content (AvgIpc) is 2.70. The van der Waals surface area contributed by atoms with Gasteiger partial charge in [-0.25, -0.2) is 0 Å². The van der Waals surface area contributed by atoms with Crippen LogP contribution in [-0.2, 0) is 9.53 Å². The summed E-state index contributed by atoms with van der Waals surface area (Å²) in [6.07, 6.45) is 1.75. The number of aliphatic imine (C=N–C) groups is 1. The quantitative estimate of drug-likeness (QED) is 0.551. The Hall–Kier alpha value is -0.500. The van der Waals surface area contributed by atoms with Crippen molar-refractivity contribution in [2.75, 3.05) is 45.9 Å². The molecule has 1 atom stereocenters. The van der Waals surface area contributed by atoms with Gasteiger partial charge in [-0.1, -0.05) is 24.0 Å². The van der Waals surface area contributed by atoms with Crippen LogP contribution in [-0.4, -0.2) is 77.4 Å². The molecular weight excluding hydrogens is 282 g/mol. The van der Waals surface area contributed by atoms with Crippen molar-refractivity contribution < 1.29 is 9.53 Å². The van der Waals surface area contributed by atoms with Crippen LogP contribution >= 0.6 is 24.0 Å². The molecule has 5 nitrogen and oxygen atoms in total. The van der Waals surface area contributed by atoms with E-state index in [-0.39, 0.29) is 11.2 Å². The van der Waals surface area contributed by atoms with Gasteiger partial charge in [0.25, 0.3) is 0 Å². The summed E-state index contributed by atoms with van der Waals surface area (Å²) in [5.74, 6) is 0.0626. The number of ether oxygens (including phenoxy) is 1. The number of hydrogen-bond donors (Lipinski definition) is 0. The number of thiocarbonyl (C=S) groups is 1. The van der Waals surface area contributed by atoms with E-state index in [2.05, 4.69) is 9.89 Å². The highest BCUT2D eigenvalue weighted by atomic mass is 32.2. The Balaban J connectivity index is 1.73. The Labute approximate surface area is 123 Å². The van der Waals surface area contributed by atoms with Gasteiger partial charge in [-0.15, -0.1) is 0 Å². The largest absolute Gasteiger partial charge is 0.379 e. The molecule has 2 aliphatic rings. The first-order chi connectivity index (χ1) is 9.22. The van der Waals surface area contributed by atoms with Crippen molar-refractivity contribution in [3.05, 3.63) is 0 Å². The van der Waals surface area contributed by atoms with Gasteiger partial charge in [-0.2, -0.15) is 0 Å². The van der Waals surface area contributed by atoms with Crippen LogP contribution in [0.15, 0.2) is 4.99 Å². The molecule has 0 aliphatic carbocycles. The standard InChI is InChI=1S/C12H19N3O2S2/c1-2-15-11(16)10(19-12(15)18)9-13-3-4-14-5-7-17-8-6-14/h9-10H,2-8H2,1H3/t10-/m1/s1. The molecular formula is C12H19N3O2S2. The zero-order valence-corrected chi connectivity index (χ0v) is 12.7. The predicted molar refractivity (Wildman–Crippen MR) is 82.0 cm³/mol. The Morgan fingerprint density at radius 3 is 2.89 bits per heavy atom. The molecule has 7 heteroatoms. The maximum absolute atomic E-state index is 11.9. The summed E-state index contributed by atoms with van der Waals surface area (Å²) in [5, 5.41) is -0.225. The smallest absolute Gasteiger partial charge is 0.247 e. The summed E-state index contributed by atoms with van der Waals surface area (Å²) >= 11 is 6.58. The van der Waals surface area contributed by atoms with E-state index in [1.165, 1.54) is 11.8 Å². The van der Waals surface area contributed by atoms with Crippen LogP contribution in [0.2, 0.25) is 0 Å². The van der Waals surface area contributed by atoms with E-state index in [0.717, 1.165) is 39.4 Å². The molecule has 1 amide bonds. The molecule has 2 rings (SSSR count). The van der Waals surface area contributed by atoms with Crippen molar-refractivity contribution in [3.63, 3.8) is 0 Å². The number of morpholine rings is 1. The SMILES string of the molecule is CCN1C(=O)[C@@H](C=NCCN2CCOCC2)SC1=S. The van der Waals surface area contributed by atoms with E-state index >= 15 is 0 Å². The topological polar surface area (TPSA) is 45.1 Å². The Morgan fingerprint density at radius 1 is 1.53 bits per heavy atom. The zero-order chi connectivity index (χ0) is 13.7. The third-order valence-corrected chi connectivity index (χ3v) is 4.67. The minimum atomic E-state index is -0.225. The monoisotopic (exact) mass is 301 g/mol. The maximum atomic E-state index is 11.9. The molecule has 0 unspecified atom stereocenters. The lowest BCUT2D eigenvalue weighted by Gasteiger charge is -2.25. The van der Waals surface area contributed by atoms with Crippen molar-refractivity contribution in [1.29, 1.82) is 0 Å². The van der Waals surface area contributed by atoms with Gasteiger partial charge in [-0.3, -0.25) is 19.6 Å². The summed E-state index contributed by atoms with van der Waals surface area (Å²) in [5.41, 5.74) is 0. The molecule has 0 spiro atoms. The number of carbonyl (C=O) groups is 1. The molecule has 0 N–H and O–H groups in total. The lowest BCUT2D eigenvalue weighted by Crippen LogP contribution is -2.37. The van der Waals surface area contributed by atoms with Gasteiger partial charge in [0, 0.05) is 32.4 Å². The van der Waals surface area contributed by atoms with Crippen LogP contribution in [0.25, 0.3) is 0 Å². The van der Waals surface area contributed by atoms with E-state index < -0.39 is 0 Å². The van der Waals surface area contributed by atoms with E-state index in [1.54, 1.807) is 11.1 Å². The Morgan fingerprint density at radius 2 is 2.26 bits per heavy atom. The van der Waals surface area contributed by atoms with E-state index in [1.807, 2.05) is 6.92 Å². The molecule has 0 radical (unpaired) electrons. The summed E-state index contributed by atoms with van der Waals surface area (Å²) in [7, 11) is 0. The number of hydrogen-bond acceptors (Lipinski definition) is 6. The lowest BCUT2D eigenvalue weighted by atomic mass is 10.4. The fourth-order valence-electron chi connectivity index (χ4n) is 2.04. The fourth-order valence-corrected chi connectivity index (χ4v) is 3.51. The second kappa shape index (κ2) is 7.33. The van der Waals surface area contributed by atoms with Gasteiger partial charge >= 0.3 is 0 Å². The van der Waals surface area contributed by atoms with Crippen LogP contribution in [0.4, 0.5) is 0 Å². The highest BCUT2D eigenvalue weighted by molar-refractivity contribution is 8.24. The zero-order valence-electron chi connectivity index (χ0n) is 11.1. The minimum absolute atomic E-state index is 0.0626. The minimum Gasteiger partial charge on any atom is -0.379 e. The van der Waals surface area contributed by atoms with Crippen molar-refractivity contribution in [2.24, 2.45) is 4.99 Å². The maximum Gasteiger partial charge on any atom is 0.247 e. The normalized spacial score (nSPS) is 25.7. The van der Waals surface area contributed by atoms with E-state index in [4.69, 9.17) is 17.0 Å². The molecule has 0 bridgehead atoms. The van der Waals surface area contributed by atoms with E-state index in [0.29, 0.717) is 10.9 Å². The molecule has 2 fully saturated rings. The van der Waals surface area contributed by atoms with Crippen molar-refractivity contribution in [2.45, 2.75) is 12.2 Å². The van der Waals surface area contributed by atoms with Crippen LogP contribution in [0.5, 0.6) is 0 Å². The van der Waals surface area contributed by atoms with Crippen molar-refractivity contribution in [1.82, 2.24) is 9.80 Å². The highest BCUT2D eigenvalue weighted by Gasteiger charge is 2.34. The first kappa shape index (κ1) is 14.9.